The molecule has 0 aliphatic rings. The molecule has 0 amide bonds. The Morgan fingerprint density at radius 1 is 1.03 bits per heavy atom. The van der Waals surface area contributed by atoms with Crippen molar-refractivity contribution in [1.29, 1.82) is 0 Å². The highest BCUT2D eigenvalue weighted by Crippen LogP contribution is 2.32. The van der Waals surface area contributed by atoms with Crippen LogP contribution < -0.4 is 17.2 Å². The number of rotatable bonds is 5. The van der Waals surface area contributed by atoms with E-state index in [1.54, 1.807) is 12.4 Å². The van der Waals surface area contributed by atoms with Gasteiger partial charge < -0.3 is 17.2 Å². The molecule has 2 atom stereocenters. The summed E-state index contributed by atoms with van der Waals surface area (Å²) >= 11 is 1.53. The zero-order chi connectivity index (χ0) is 22.7. The van der Waals surface area contributed by atoms with Crippen LogP contribution in [0.3, 0.4) is 0 Å². The summed E-state index contributed by atoms with van der Waals surface area (Å²) in [6.45, 7) is 3.74. The Morgan fingerprint density at radius 2 is 1.75 bits per heavy atom. The largest absolute Gasteiger partial charge is 0.326 e. The van der Waals surface area contributed by atoms with E-state index in [1.807, 2.05) is 49.6 Å². The zero-order valence-electron chi connectivity index (χ0n) is 18.1. The maximum absolute atomic E-state index is 6.67. The standard InChI is InChI=1S/C25H26N6S/c1-25(2,28)11-8-18-15-32-23-21(18)30-24(17-9-12-29-13-10-17)31-22(23)20(27)19(26)14-16-6-4-3-5-7-16/h3-7,9-10,12-13,15,19-20H,14,26-28H2,1-2H3. The normalized spacial score (nSPS) is 13.4. The third-order valence-electron chi connectivity index (χ3n) is 4.99. The van der Waals surface area contributed by atoms with Crippen molar-refractivity contribution in [3.8, 4) is 23.2 Å². The first kappa shape index (κ1) is 22.1. The van der Waals surface area contributed by atoms with Crippen molar-refractivity contribution in [3.63, 3.8) is 0 Å². The Morgan fingerprint density at radius 3 is 2.44 bits per heavy atom. The second-order valence-electron chi connectivity index (χ2n) is 8.35. The van der Waals surface area contributed by atoms with Crippen molar-refractivity contribution in [2.45, 2.75) is 37.9 Å². The molecule has 1 aromatic carbocycles. The smallest absolute Gasteiger partial charge is 0.160 e. The molecular formula is C25H26N6S. The highest BCUT2D eigenvalue weighted by atomic mass is 32.1. The molecule has 6 N–H and O–H groups in total. The average Bonchev–Trinajstić information content (AvgIpc) is 3.20. The molecule has 0 bridgehead atoms. The minimum atomic E-state index is -0.605. The molecule has 6 nitrogen and oxygen atoms in total. The molecule has 2 unspecified atom stereocenters. The lowest BCUT2D eigenvalue weighted by Crippen LogP contribution is -2.36. The molecule has 4 rings (SSSR count). The summed E-state index contributed by atoms with van der Waals surface area (Å²) in [4.78, 5) is 13.8. The van der Waals surface area contributed by atoms with Gasteiger partial charge >= 0.3 is 0 Å². The number of pyridine rings is 1. The third kappa shape index (κ3) is 5.01. The van der Waals surface area contributed by atoms with Gasteiger partial charge in [-0.25, -0.2) is 9.97 Å². The minimum Gasteiger partial charge on any atom is -0.326 e. The lowest BCUT2D eigenvalue weighted by Gasteiger charge is -2.20. The van der Waals surface area contributed by atoms with Crippen LogP contribution in [0, 0.1) is 11.8 Å². The topological polar surface area (TPSA) is 117 Å². The highest BCUT2D eigenvalue weighted by Gasteiger charge is 2.23. The van der Waals surface area contributed by atoms with Crippen molar-refractivity contribution >= 4 is 21.6 Å². The van der Waals surface area contributed by atoms with Gasteiger partial charge in [-0.15, -0.1) is 11.3 Å². The van der Waals surface area contributed by atoms with Gasteiger partial charge in [0.05, 0.1) is 27.5 Å². The molecule has 0 aliphatic carbocycles. The second kappa shape index (κ2) is 9.15. The SMILES string of the molecule is CC(C)(N)C#Cc1csc2c(C(N)C(N)Cc3ccccc3)nc(-c3ccncc3)nc12. The number of hydrogen-bond acceptors (Lipinski definition) is 7. The van der Waals surface area contributed by atoms with E-state index in [0.717, 1.165) is 32.6 Å². The molecule has 0 aliphatic heterocycles. The summed E-state index contributed by atoms with van der Waals surface area (Å²) in [5.74, 6) is 6.84. The van der Waals surface area contributed by atoms with Crippen molar-refractivity contribution in [1.82, 2.24) is 15.0 Å². The number of nitrogens with zero attached hydrogens (tertiary/aromatic N) is 3. The Labute approximate surface area is 191 Å². The second-order valence-corrected chi connectivity index (χ2v) is 9.23. The molecule has 0 radical (unpaired) electrons. The Kier molecular flexibility index (Phi) is 6.31. The molecule has 32 heavy (non-hydrogen) atoms. The molecule has 0 saturated carbocycles. The van der Waals surface area contributed by atoms with Gasteiger partial charge in [0.25, 0.3) is 0 Å². The van der Waals surface area contributed by atoms with Crippen LogP contribution >= 0.6 is 11.3 Å². The van der Waals surface area contributed by atoms with E-state index in [1.165, 1.54) is 11.3 Å². The minimum absolute atomic E-state index is 0.305. The Balaban J connectivity index is 1.81. The fourth-order valence-corrected chi connectivity index (χ4v) is 4.31. The monoisotopic (exact) mass is 442 g/mol. The Hall–Kier alpha value is -3.15. The quantitative estimate of drug-likeness (QED) is 0.408. The van der Waals surface area contributed by atoms with E-state index in [-0.39, 0.29) is 6.04 Å². The molecule has 7 heteroatoms. The van der Waals surface area contributed by atoms with E-state index in [2.05, 4.69) is 29.0 Å². The summed E-state index contributed by atoms with van der Waals surface area (Å²) in [5.41, 5.74) is 23.0. The fourth-order valence-electron chi connectivity index (χ4n) is 3.33. The number of aromatic nitrogens is 3. The highest BCUT2D eigenvalue weighted by molar-refractivity contribution is 7.17. The van der Waals surface area contributed by atoms with Gasteiger partial charge in [-0.05, 0) is 38.0 Å². The van der Waals surface area contributed by atoms with Crippen molar-refractivity contribution in [3.05, 3.63) is 77.1 Å². The molecular weight excluding hydrogens is 416 g/mol. The molecule has 0 fully saturated rings. The van der Waals surface area contributed by atoms with Crippen LogP contribution in [0.1, 0.15) is 36.7 Å². The van der Waals surface area contributed by atoms with Crippen molar-refractivity contribution < 1.29 is 0 Å². The van der Waals surface area contributed by atoms with Gasteiger partial charge in [0.1, 0.15) is 5.52 Å². The predicted molar refractivity (Wildman–Crippen MR) is 131 cm³/mol. The van der Waals surface area contributed by atoms with Gasteiger partial charge in [0.15, 0.2) is 5.82 Å². The maximum Gasteiger partial charge on any atom is 0.160 e. The number of nitrogens with two attached hydrogens (primary N) is 3. The third-order valence-corrected chi connectivity index (χ3v) is 5.98. The number of benzene rings is 1. The maximum atomic E-state index is 6.67. The van der Waals surface area contributed by atoms with E-state index in [0.29, 0.717) is 12.2 Å². The molecule has 0 saturated heterocycles. The van der Waals surface area contributed by atoms with Gasteiger partial charge in [-0.1, -0.05) is 42.2 Å². The van der Waals surface area contributed by atoms with E-state index >= 15 is 0 Å². The summed E-state index contributed by atoms with van der Waals surface area (Å²) in [6, 6.07) is 13.1. The summed E-state index contributed by atoms with van der Waals surface area (Å²) in [7, 11) is 0. The first-order valence-electron chi connectivity index (χ1n) is 10.4. The molecule has 0 spiro atoms. The van der Waals surface area contributed by atoms with Crippen LogP contribution in [-0.4, -0.2) is 26.5 Å². The van der Waals surface area contributed by atoms with Crippen molar-refractivity contribution in [2.75, 3.05) is 0 Å². The van der Waals surface area contributed by atoms with Crippen LogP contribution in [0.25, 0.3) is 21.6 Å². The van der Waals surface area contributed by atoms with Gasteiger partial charge in [-0.2, -0.15) is 0 Å². The lowest BCUT2D eigenvalue weighted by atomic mass is 9.98. The molecule has 3 heterocycles. The van der Waals surface area contributed by atoms with Gasteiger partial charge in [0.2, 0.25) is 0 Å². The lowest BCUT2D eigenvalue weighted by molar-refractivity contribution is 0.537. The predicted octanol–water partition coefficient (Wildman–Crippen LogP) is 3.41. The molecule has 4 aromatic rings. The fraction of sp³-hybridized carbons (Fsp3) is 0.240. The van der Waals surface area contributed by atoms with E-state index in [9.17, 15) is 0 Å². The van der Waals surface area contributed by atoms with Crippen LogP contribution in [0.5, 0.6) is 0 Å². The number of hydrogen-bond donors (Lipinski definition) is 3. The van der Waals surface area contributed by atoms with Gasteiger partial charge in [-0.3, -0.25) is 4.98 Å². The van der Waals surface area contributed by atoms with Crippen LogP contribution in [0.4, 0.5) is 0 Å². The zero-order valence-corrected chi connectivity index (χ0v) is 18.9. The van der Waals surface area contributed by atoms with Gasteiger partial charge in [0, 0.05) is 29.4 Å². The summed E-state index contributed by atoms with van der Waals surface area (Å²) in [5, 5.41) is 1.98. The molecule has 3 aromatic heterocycles. The van der Waals surface area contributed by atoms with Crippen molar-refractivity contribution in [2.24, 2.45) is 17.2 Å². The number of fused-ring (bicyclic) bond motifs is 1. The van der Waals surface area contributed by atoms with E-state index < -0.39 is 11.6 Å². The summed E-state index contributed by atoms with van der Waals surface area (Å²) < 4.78 is 0.901. The summed E-state index contributed by atoms with van der Waals surface area (Å²) in [6.07, 6.45) is 4.08. The Bertz CT molecular complexity index is 1270. The van der Waals surface area contributed by atoms with Crippen LogP contribution in [-0.2, 0) is 6.42 Å². The average molecular weight is 443 g/mol. The first-order valence-corrected chi connectivity index (χ1v) is 11.3. The van der Waals surface area contributed by atoms with E-state index in [4.69, 9.17) is 27.2 Å². The van der Waals surface area contributed by atoms with Crippen LogP contribution in [0.2, 0.25) is 0 Å². The first-order chi connectivity index (χ1) is 15.3. The number of thiophene rings is 1. The van der Waals surface area contributed by atoms with Crippen LogP contribution in [0.15, 0.2) is 60.2 Å². The molecule has 162 valence electrons.